The molecule has 0 spiro atoms. The van der Waals surface area contributed by atoms with E-state index in [1.165, 1.54) is 18.2 Å². The topological polar surface area (TPSA) is 152 Å². The normalized spacial score (nSPS) is 15.6. The van der Waals surface area contributed by atoms with E-state index in [4.69, 9.17) is 4.74 Å². The van der Waals surface area contributed by atoms with Gasteiger partial charge in [-0.05, 0) is 37.3 Å². The van der Waals surface area contributed by atoms with Crippen LogP contribution in [0.1, 0.15) is 33.1 Å². The molecule has 1 fully saturated rings. The fourth-order valence-electron chi connectivity index (χ4n) is 4.49. The highest BCUT2D eigenvalue weighted by molar-refractivity contribution is 6.40. The molecule has 4 amide bonds. The van der Waals surface area contributed by atoms with Crippen molar-refractivity contribution < 1.29 is 59.8 Å². The number of rotatable bonds is 14. The van der Waals surface area contributed by atoms with Gasteiger partial charge in [0.2, 0.25) is 23.4 Å². The summed E-state index contributed by atoms with van der Waals surface area (Å²) in [5.74, 6) is -15.5. The van der Waals surface area contributed by atoms with Gasteiger partial charge in [0.05, 0.1) is 11.7 Å². The van der Waals surface area contributed by atoms with Crippen LogP contribution < -0.4 is 30.7 Å². The Labute approximate surface area is 258 Å². The van der Waals surface area contributed by atoms with Crippen molar-refractivity contribution >= 4 is 35.1 Å². The minimum atomic E-state index is -3.23. The van der Waals surface area contributed by atoms with Crippen LogP contribution in [0.5, 0.6) is 11.5 Å². The summed E-state index contributed by atoms with van der Waals surface area (Å²) in [6.45, 7) is -0.800. The van der Waals surface area contributed by atoms with E-state index in [-0.39, 0.29) is 43.5 Å². The molecule has 2 aromatic rings. The summed E-state index contributed by atoms with van der Waals surface area (Å²) in [4.78, 5) is 64.0. The van der Waals surface area contributed by atoms with Crippen molar-refractivity contribution in [2.24, 2.45) is 11.8 Å². The molecule has 46 heavy (non-hydrogen) atoms. The molecule has 11 nitrogen and oxygen atoms in total. The van der Waals surface area contributed by atoms with E-state index in [2.05, 4.69) is 26.0 Å². The van der Waals surface area contributed by atoms with Gasteiger partial charge in [0.25, 0.3) is 0 Å². The van der Waals surface area contributed by atoms with Gasteiger partial charge in [-0.3, -0.25) is 24.0 Å². The number of carbonyl (C=O) groups is 5. The molecule has 0 aromatic heterocycles. The molecule has 3 rings (SSSR count). The molecule has 1 heterocycles. The summed E-state index contributed by atoms with van der Waals surface area (Å²) in [5, 5.41) is 9.20. The average molecular weight is 661 g/mol. The molecular weight excluding hydrogens is 630 g/mol. The zero-order valence-corrected chi connectivity index (χ0v) is 24.4. The third-order valence-electron chi connectivity index (χ3n) is 6.70. The van der Waals surface area contributed by atoms with Crippen molar-refractivity contribution in [3.05, 3.63) is 53.6 Å². The van der Waals surface area contributed by atoms with Crippen molar-refractivity contribution in [2.45, 2.75) is 51.8 Å². The molecule has 0 aliphatic carbocycles. The lowest BCUT2D eigenvalue weighted by molar-refractivity contribution is -0.138. The van der Waals surface area contributed by atoms with Crippen molar-refractivity contribution in [1.29, 1.82) is 0 Å². The fraction of sp³-hybridized carbons (Fsp3) is 0.414. The highest BCUT2D eigenvalue weighted by Crippen LogP contribution is 2.27. The van der Waals surface area contributed by atoms with Gasteiger partial charge in [-0.1, -0.05) is 26.0 Å². The zero-order chi connectivity index (χ0) is 34.1. The SMILES string of the molecule is CC(C)CC(NC(=O)C(=O)Nc1ccccc1OC(F)F)C(=O)NC(CC1CCNC1=O)C(=O)COc1c(F)c(F)cc(F)c1F. The number of anilines is 1. The lowest BCUT2D eigenvalue weighted by Gasteiger charge is -2.25. The second-order valence-electron chi connectivity index (χ2n) is 10.6. The molecule has 250 valence electrons. The van der Waals surface area contributed by atoms with E-state index >= 15 is 0 Å². The van der Waals surface area contributed by atoms with E-state index in [9.17, 15) is 50.3 Å². The van der Waals surface area contributed by atoms with Crippen LogP contribution in [0.15, 0.2) is 30.3 Å². The number of amides is 4. The molecule has 0 radical (unpaired) electrons. The minimum Gasteiger partial charge on any atom is -0.479 e. The summed E-state index contributed by atoms with van der Waals surface area (Å²) in [6, 6.07) is 1.97. The third kappa shape index (κ3) is 9.58. The Morgan fingerprint density at radius 2 is 1.61 bits per heavy atom. The van der Waals surface area contributed by atoms with Crippen molar-refractivity contribution in [3.63, 3.8) is 0 Å². The third-order valence-corrected chi connectivity index (χ3v) is 6.70. The number of alkyl halides is 2. The number of carbonyl (C=O) groups excluding carboxylic acids is 5. The van der Waals surface area contributed by atoms with Crippen LogP contribution >= 0.6 is 0 Å². The van der Waals surface area contributed by atoms with Gasteiger partial charge in [-0.15, -0.1) is 0 Å². The Morgan fingerprint density at radius 1 is 0.957 bits per heavy atom. The molecule has 3 unspecified atom stereocenters. The maximum absolute atomic E-state index is 14.1. The monoisotopic (exact) mass is 660 g/mol. The van der Waals surface area contributed by atoms with Crippen LogP contribution in [-0.2, 0) is 24.0 Å². The quantitative estimate of drug-likeness (QED) is 0.138. The van der Waals surface area contributed by atoms with Gasteiger partial charge in [-0.25, -0.2) is 8.78 Å². The maximum Gasteiger partial charge on any atom is 0.387 e. The first kappa shape index (κ1) is 35.6. The van der Waals surface area contributed by atoms with Crippen LogP contribution in [0, 0.1) is 35.1 Å². The zero-order valence-electron chi connectivity index (χ0n) is 24.4. The van der Waals surface area contributed by atoms with E-state index in [0.717, 1.165) is 6.07 Å². The predicted octanol–water partition coefficient (Wildman–Crippen LogP) is 2.97. The molecule has 2 aromatic carbocycles. The van der Waals surface area contributed by atoms with Crippen LogP contribution in [0.25, 0.3) is 0 Å². The van der Waals surface area contributed by atoms with Gasteiger partial charge >= 0.3 is 18.4 Å². The molecule has 3 atom stereocenters. The maximum atomic E-state index is 14.1. The minimum absolute atomic E-state index is 0.0551. The van der Waals surface area contributed by atoms with E-state index < -0.39 is 95.4 Å². The number of Topliss-reactive ketones (excluding diaryl/α,β-unsaturated/α-hetero) is 1. The standard InChI is InChI=1S/C29H30F6N4O7/c1-13(2)9-19(39-28(44)27(43)37-17-5-3-4-6-21(17)46-29(34)35)26(42)38-18(10-14-7-8-36-25(14)41)20(40)12-45-24-22(32)15(30)11-16(31)23(24)33/h3-6,11,13-14,18-19,29H,7-10,12H2,1-2H3,(H,36,41)(H,37,43)(H,38,42)(H,39,44). The first-order chi connectivity index (χ1) is 21.7. The number of para-hydroxylation sites is 2. The van der Waals surface area contributed by atoms with Crippen LogP contribution in [0.3, 0.4) is 0 Å². The van der Waals surface area contributed by atoms with Crippen LogP contribution in [-0.4, -0.2) is 61.3 Å². The summed E-state index contributed by atoms with van der Waals surface area (Å²) in [5.41, 5.74) is -0.264. The number of ketones is 1. The summed E-state index contributed by atoms with van der Waals surface area (Å²) >= 11 is 0. The van der Waals surface area contributed by atoms with Gasteiger partial charge in [-0.2, -0.15) is 17.6 Å². The second-order valence-corrected chi connectivity index (χ2v) is 10.6. The highest BCUT2D eigenvalue weighted by Gasteiger charge is 2.34. The van der Waals surface area contributed by atoms with Gasteiger partial charge in [0, 0.05) is 18.5 Å². The van der Waals surface area contributed by atoms with Crippen LogP contribution in [0.2, 0.25) is 0 Å². The van der Waals surface area contributed by atoms with Crippen LogP contribution in [0.4, 0.5) is 32.0 Å². The average Bonchev–Trinajstić information content (AvgIpc) is 3.39. The Kier molecular flexibility index (Phi) is 12.4. The summed E-state index contributed by atoms with van der Waals surface area (Å²) in [7, 11) is 0. The van der Waals surface area contributed by atoms with E-state index in [1.54, 1.807) is 13.8 Å². The molecule has 1 saturated heterocycles. The van der Waals surface area contributed by atoms with Crippen molar-refractivity contribution in [1.82, 2.24) is 16.0 Å². The number of nitrogens with one attached hydrogen (secondary N) is 4. The highest BCUT2D eigenvalue weighted by atomic mass is 19.3. The largest absolute Gasteiger partial charge is 0.479 e. The van der Waals surface area contributed by atoms with E-state index in [0.29, 0.717) is 0 Å². The van der Waals surface area contributed by atoms with E-state index in [1.807, 2.05) is 0 Å². The van der Waals surface area contributed by atoms with Crippen molar-refractivity contribution in [2.75, 3.05) is 18.5 Å². The summed E-state index contributed by atoms with van der Waals surface area (Å²) < 4.78 is 89.8. The Morgan fingerprint density at radius 3 is 2.20 bits per heavy atom. The van der Waals surface area contributed by atoms with Gasteiger partial charge in [0.15, 0.2) is 23.2 Å². The molecular formula is C29H30F6N4O7. The predicted molar refractivity (Wildman–Crippen MR) is 148 cm³/mol. The lowest BCUT2D eigenvalue weighted by Crippen LogP contribution is -2.54. The second kappa shape index (κ2) is 15.9. The Bertz CT molecular complexity index is 1450. The number of ether oxygens (including phenoxy) is 2. The fourth-order valence-corrected chi connectivity index (χ4v) is 4.49. The number of halogens is 6. The Balaban J connectivity index is 1.76. The molecule has 1 aliphatic heterocycles. The first-order valence-corrected chi connectivity index (χ1v) is 13.9. The molecule has 0 saturated carbocycles. The van der Waals surface area contributed by atoms with Crippen molar-refractivity contribution in [3.8, 4) is 11.5 Å². The summed E-state index contributed by atoms with van der Waals surface area (Å²) in [6.07, 6.45) is -0.122. The first-order valence-electron chi connectivity index (χ1n) is 13.9. The molecule has 0 bridgehead atoms. The smallest absolute Gasteiger partial charge is 0.387 e. The molecule has 4 N–H and O–H groups in total. The van der Waals surface area contributed by atoms with Gasteiger partial charge in [0.1, 0.15) is 18.4 Å². The number of hydrogen-bond acceptors (Lipinski definition) is 7. The Hall–Kier alpha value is -4.83. The molecule has 17 heteroatoms. The lowest BCUT2D eigenvalue weighted by atomic mass is 9.95. The number of hydrogen-bond donors (Lipinski definition) is 4. The van der Waals surface area contributed by atoms with Gasteiger partial charge < -0.3 is 30.7 Å². The molecule has 1 aliphatic rings. The number of benzene rings is 2.